The van der Waals surface area contributed by atoms with Crippen LogP contribution in [0.15, 0.2) is 30.5 Å². The molecule has 0 spiro atoms. The number of hydrogen-bond donors (Lipinski definition) is 1. The van der Waals surface area contributed by atoms with Gasteiger partial charge in [-0.25, -0.2) is 19.4 Å². The molecule has 1 unspecified atom stereocenters. The Morgan fingerprint density at radius 3 is 2.35 bits per heavy atom. The van der Waals surface area contributed by atoms with Crippen LogP contribution >= 0.6 is 0 Å². The van der Waals surface area contributed by atoms with Crippen LogP contribution in [0.25, 0.3) is 22.4 Å². The van der Waals surface area contributed by atoms with Gasteiger partial charge >= 0.3 is 6.09 Å². The maximum Gasteiger partial charge on any atom is 0.410 e. The SMILES string of the molecule is C[SiH2]OC(O[SiH2]C)C(C)(C)C(COc1cccc(-c2nc(NC3CCOCC3)c3cnn(C(C)(C)C)c3n2)c1)CN(C)C(=O)OC(C)(C)C. The minimum Gasteiger partial charge on any atom is -0.493 e. The van der Waals surface area contributed by atoms with E-state index in [0.717, 1.165) is 48.5 Å². The zero-order valence-electron chi connectivity index (χ0n) is 31.5. The first-order chi connectivity index (χ1) is 23.0. The summed E-state index contributed by atoms with van der Waals surface area (Å²) in [6, 6.07) is 8.12. The standard InChI is InChI=1S/C35H58N6O6Si2/c1-33(2,3)41-30-27(20-36-41)29(37-25-15-17-43-18-16-25)38-28(39-30)23-13-12-14-26(19-23)44-22-24(21-40(9)32(42)45-34(4,5)6)35(7,8)31(46-48-10)47-49-11/h12-14,19-20,24-25,31H,15-18,21-22,48-49H2,1-11H3,(H,37,38,39). The fraction of sp³-hybridized carbons (Fsp3) is 0.657. The Labute approximate surface area is 296 Å². The summed E-state index contributed by atoms with van der Waals surface area (Å²) in [5.74, 6) is 1.90. The molecule has 3 aromatic rings. The van der Waals surface area contributed by atoms with Crippen LogP contribution in [0.2, 0.25) is 13.1 Å². The van der Waals surface area contributed by atoms with Crippen molar-refractivity contribution < 1.29 is 27.9 Å². The molecule has 0 saturated carbocycles. The Balaban J connectivity index is 1.65. The number of amides is 1. The predicted molar refractivity (Wildman–Crippen MR) is 200 cm³/mol. The smallest absolute Gasteiger partial charge is 0.410 e. The van der Waals surface area contributed by atoms with Gasteiger partial charge in [-0.2, -0.15) is 5.10 Å². The lowest BCUT2D eigenvalue weighted by Gasteiger charge is -2.42. The average molecular weight is 715 g/mol. The number of carbonyl (C=O) groups is 1. The molecule has 3 heterocycles. The van der Waals surface area contributed by atoms with Crippen LogP contribution in [0.3, 0.4) is 0 Å². The third kappa shape index (κ3) is 10.3. The molecular weight excluding hydrogens is 657 g/mol. The van der Waals surface area contributed by atoms with Crippen LogP contribution in [0, 0.1) is 11.3 Å². The third-order valence-corrected chi connectivity index (χ3v) is 9.94. The van der Waals surface area contributed by atoms with E-state index in [4.69, 9.17) is 38.1 Å². The highest BCUT2D eigenvalue weighted by molar-refractivity contribution is 6.26. The van der Waals surface area contributed by atoms with Crippen molar-refractivity contribution in [1.29, 1.82) is 0 Å². The van der Waals surface area contributed by atoms with Gasteiger partial charge in [0.15, 0.2) is 31.0 Å². The summed E-state index contributed by atoms with van der Waals surface area (Å²) >= 11 is 0. The number of anilines is 1. The molecule has 12 nitrogen and oxygen atoms in total. The molecular formula is C35H58N6O6Si2. The molecule has 1 aliphatic rings. The van der Waals surface area contributed by atoms with Gasteiger partial charge in [0.1, 0.15) is 23.5 Å². The molecule has 4 rings (SSSR count). The summed E-state index contributed by atoms with van der Waals surface area (Å²) in [5.41, 5.74) is 0.282. The zero-order chi connectivity index (χ0) is 36.0. The van der Waals surface area contributed by atoms with Crippen LogP contribution in [0.5, 0.6) is 5.75 Å². The number of aromatic nitrogens is 4. The molecule has 49 heavy (non-hydrogen) atoms. The highest BCUT2D eigenvalue weighted by atomic mass is 28.2. The number of hydrogen-bond acceptors (Lipinski definition) is 10. The summed E-state index contributed by atoms with van der Waals surface area (Å²) in [5, 5.41) is 9.27. The number of benzene rings is 1. The Bertz CT molecular complexity index is 1530. The van der Waals surface area contributed by atoms with Gasteiger partial charge in [-0.05, 0) is 66.5 Å². The van der Waals surface area contributed by atoms with Crippen molar-refractivity contribution in [3.8, 4) is 17.1 Å². The molecule has 2 aromatic heterocycles. The largest absolute Gasteiger partial charge is 0.493 e. The number of carbonyl (C=O) groups excluding carboxylic acids is 1. The highest BCUT2D eigenvalue weighted by Gasteiger charge is 2.40. The van der Waals surface area contributed by atoms with Crippen molar-refractivity contribution >= 4 is 42.5 Å². The van der Waals surface area contributed by atoms with E-state index in [1.165, 1.54) is 0 Å². The van der Waals surface area contributed by atoms with Crippen molar-refractivity contribution in [3.05, 3.63) is 30.5 Å². The molecule has 272 valence electrons. The molecule has 1 aliphatic heterocycles. The van der Waals surface area contributed by atoms with Crippen molar-refractivity contribution in [2.45, 2.75) is 105 Å². The van der Waals surface area contributed by atoms with E-state index in [1.54, 1.807) is 11.9 Å². The molecule has 1 fully saturated rings. The second-order valence-corrected chi connectivity index (χ2v) is 17.2. The zero-order valence-corrected chi connectivity index (χ0v) is 34.3. The molecule has 1 amide bonds. The molecule has 0 bridgehead atoms. The van der Waals surface area contributed by atoms with E-state index in [1.807, 2.05) is 55.9 Å². The van der Waals surface area contributed by atoms with E-state index in [9.17, 15) is 4.79 Å². The van der Waals surface area contributed by atoms with Crippen LogP contribution in [0.4, 0.5) is 10.6 Å². The van der Waals surface area contributed by atoms with E-state index in [0.29, 0.717) is 24.7 Å². The fourth-order valence-corrected chi connectivity index (χ4v) is 7.67. The Hall–Kier alpha value is -3.05. The second kappa shape index (κ2) is 16.3. The molecule has 1 saturated heterocycles. The lowest BCUT2D eigenvalue weighted by Crippen LogP contribution is -2.49. The van der Waals surface area contributed by atoms with Gasteiger partial charge in [0.25, 0.3) is 0 Å². The van der Waals surface area contributed by atoms with Crippen molar-refractivity contribution in [2.75, 3.05) is 38.7 Å². The Kier molecular flexibility index (Phi) is 12.9. The minimum absolute atomic E-state index is 0.135. The average Bonchev–Trinajstić information content (AvgIpc) is 3.48. The Morgan fingerprint density at radius 2 is 1.73 bits per heavy atom. The number of ether oxygens (including phenoxy) is 3. The van der Waals surface area contributed by atoms with Crippen molar-refractivity contribution in [2.24, 2.45) is 11.3 Å². The van der Waals surface area contributed by atoms with E-state index in [-0.39, 0.29) is 29.9 Å². The normalized spacial score (nSPS) is 16.5. The van der Waals surface area contributed by atoms with Gasteiger partial charge in [0, 0.05) is 49.7 Å². The Morgan fingerprint density at radius 1 is 1.06 bits per heavy atom. The molecule has 1 aromatic carbocycles. The summed E-state index contributed by atoms with van der Waals surface area (Å²) in [7, 11) is 0.270. The monoisotopic (exact) mass is 714 g/mol. The van der Waals surface area contributed by atoms with Gasteiger partial charge in [-0.15, -0.1) is 0 Å². The number of nitrogens with zero attached hydrogens (tertiary/aromatic N) is 5. The molecule has 0 radical (unpaired) electrons. The molecule has 14 heteroatoms. The third-order valence-electron chi connectivity index (χ3n) is 8.66. The first-order valence-electron chi connectivity index (χ1n) is 17.5. The topological polar surface area (TPSA) is 122 Å². The van der Waals surface area contributed by atoms with Crippen LogP contribution in [-0.2, 0) is 23.9 Å². The van der Waals surface area contributed by atoms with Gasteiger partial charge < -0.3 is 33.3 Å². The van der Waals surface area contributed by atoms with E-state index in [2.05, 4.69) is 53.0 Å². The number of fused-ring (bicyclic) bond motifs is 1. The first-order valence-corrected chi connectivity index (χ1v) is 21.5. The maximum absolute atomic E-state index is 13.0. The highest BCUT2D eigenvalue weighted by Crippen LogP contribution is 2.36. The summed E-state index contributed by atoms with van der Waals surface area (Å²) in [4.78, 5) is 24.7. The number of nitrogens with one attached hydrogen (secondary N) is 1. The molecule has 1 N–H and O–H groups in total. The predicted octanol–water partition coefficient (Wildman–Crippen LogP) is 5.35. The molecule has 1 atom stereocenters. The summed E-state index contributed by atoms with van der Waals surface area (Å²) in [6.07, 6.45) is 2.93. The van der Waals surface area contributed by atoms with Gasteiger partial charge in [-0.3, -0.25) is 0 Å². The van der Waals surface area contributed by atoms with Crippen molar-refractivity contribution in [1.82, 2.24) is 24.6 Å². The van der Waals surface area contributed by atoms with Gasteiger partial charge in [0.2, 0.25) is 0 Å². The summed E-state index contributed by atoms with van der Waals surface area (Å²) in [6.45, 7) is 22.6. The van der Waals surface area contributed by atoms with Gasteiger partial charge in [-0.1, -0.05) is 39.1 Å². The maximum atomic E-state index is 13.0. The van der Waals surface area contributed by atoms with Crippen LogP contribution in [-0.4, -0.2) is 102 Å². The lowest BCUT2D eigenvalue weighted by atomic mass is 9.78. The lowest BCUT2D eigenvalue weighted by molar-refractivity contribution is -0.115. The van der Waals surface area contributed by atoms with E-state index >= 15 is 0 Å². The molecule has 0 aliphatic carbocycles. The fourth-order valence-electron chi connectivity index (χ4n) is 5.82. The first kappa shape index (κ1) is 38.8. The number of rotatable bonds is 14. The van der Waals surface area contributed by atoms with E-state index < -0.39 is 30.5 Å². The quantitative estimate of drug-likeness (QED) is 0.173. The van der Waals surface area contributed by atoms with Crippen LogP contribution in [0.1, 0.15) is 68.2 Å². The van der Waals surface area contributed by atoms with Crippen LogP contribution < -0.4 is 10.1 Å². The van der Waals surface area contributed by atoms with Crippen molar-refractivity contribution in [3.63, 3.8) is 0 Å². The second-order valence-electron chi connectivity index (χ2n) is 15.4. The summed E-state index contributed by atoms with van der Waals surface area (Å²) < 4.78 is 32.2. The minimum atomic E-state index is -0.747. The van der Waals surface area contributed by atoms with Gasteiger partial charge in [0.05, 0.1) is 23.7 Å².